The molecule has 1 aliphatic heterocycles. The first kappa shape index (κ1) is 19.7. The lowest BCUT2D eigenvalue weighted by Gasteiger charge is -2.06. The van der Waals surface area contributed by atoms with E-state index in [1.807, 2.05) is 12.1 Å². The van der Waals surface area contributed by atoms with E-state index in [0.29, 0.717) is 19.4 Å². The van der Waals surface area contributed by atoms with E-state index in [4.69, 9.17) is 10.7 Å². The van der Waals surface area contributed by atoms with E-state index in [1.54, 1.807) is 0 Å². The molecule has 2 aromatic rings. The third kappa shape index (κ3) is 4.59. The summed E-state index contributed by atoms with van der Waals surface area (Å²) in [6, 6.07) is 6.00. The van der Waals surface area contributed by atoms with E-state index in [9.17, 15) is 4.79 Å². The number of hydrogen-bond donors (Lipinski definition) is 2. The Morgan fingerprint density at radius 1 is 1.26 bits per heavy atom. The van der Waals surface area contributed by atoms with Crippen LogP contribution in [0.25, 0.3) is 11.0 Å². The van der Waals surface area contributed by atoms with Crippen molar-refractivity contribution in [3.63, 3.8) is 0 Å². The first-order valence-corrected chi connectivity index (χ1v) is 7.77. The maximum absolute atomic E-state index is 11.8. The Balaban J connectivity index is 0.00000132. The van der Waals surface area contributed by atoms with Gasteiger partial charge in [0.05, 0.1) is 11.0 Å². The van der Waals surface area contributed by atoms with Gasteiger partial charge in [-0.05, 0) is 44.0 Å². The highest BCUT2D eigenvalue weighted by Gasteiger charge is 2.14. The second kappa shape index (κ2) is 9.11. The number of carbonyl (C=O) groups is 1. The van der Waals surface area contributed by atoms with Crippen molar-refractivity contribution in [3.05, 3.63) is 24.0 Å². The van der Waals surface area contributed by atoms with Crippen molar-refractivity contribution in [2.24, 2.45) is 5.73 Å². The number of benzene rings is 1. The highest BCUT2D eigenvalue weighted by molar-refractivity contribution is 5.93. The average molecular weight is 359 g/mol. The van der Waals surface area contributed by atoms with E-state index in [0.717, 1.165) is 24.2 Å². The van der Waals surface area contributed by atoms with Gasteiger partial charge >= 0.3 is 0 Å². The Hall–Kier alpha value is -1.30. The van der Waals surface area contributed by atoms with Gasteiger partial charge in [-0.25, -0.2) is 4.98 Å². The van der Waals surface area contributed by atoms with Gasteiger partial charge in [0.1, 0.15) is 5.82 Å². The number of hydrogen-bond acceptors (Lipinski definition) is 3. The number of carbonyl (C=O) groups excluding carboxylic acids is 1. The Kier molecular flexibility index (Phi) is 7.82. The Morgan fingerprint density at radius 2 is 2.09 bits per heavy atom. The summed E-state index contributed by atoms with van der Waals surface area (Å²) in [5.41, 5.74) is 8.39. The second-order valence-corrected chi connectivity index (χ2v) is 5.63. The minimum absolute atomic E-state index is 0. The highest BCUT2D eigenvalue weighted by atomic mass is 35.5. The summed E-state index contributed by atoms with van der Waals surface area (Å²) in [4.78, 5) is 16.5. The third-order valence-electron chi connectivity index (χ3n) is 4.00. The molecule has 7 heteroatoms. The van der Waals surface area contributed by atoms with Crippen LogP contribution in [0.15, 0.2) is 18.2 Å². The largest absolute Gasteiger partial charge is 0.330 e. The van der Waals surface area contributed by atoms with Crippen molar-refractivity contribution in [1.29, 1.82) is 0 Å². The van der Waals surface area contributed by atoms with Gasteiger partial charge in [-0.2, -0.15) is 0 Å². The minimum Gasteiger partial charge on any atom is -0.330 e. The maximum Gasteiger partial charge on any atom is 0.224 e. The van der Waals surface area contributed by atoms with Crippen LogP contribution in [-0.4, -0.2) is 22.0 Å². The molecule has 23 heavy (non-hydrogen) atoms. The number of aromatic nitrogens is 2. The van der Waals surface area contributed by atoms with Gasteiger partial charge in [0, 0.05) is 25.1 Å². The lowest BCUT2D eigenvalue weighted by molar-refractivity contribution is -0.116. The van der Waals surface area contributed by atoms with Gasteiger partial charge in [0.25, 0.3) is 0 Å². The maximum atomic E-state index is 11.8. The highest BCUT2D eigenvalue weighted by Crippen LogP contribution is 2.24. The summed E-state index contributed by atoms with van der Waals surface area (Å²) < 4.78 is 2.32. The molecule has 1 amide bonds. The van der Waals surface area contributed by atoms with Gasteiger partial charge in [0.15, 0.2) is 0 Å². The van der Waals surface area contributed by atoms with Crippen LogP contribution in [-0.2, 0) is 17.8 Å². The zero-order valence-electron chi connectivity index (χ0n) is 13.1. The molecule has 1 aromatic heterocycles. The second-order valence-electron chi connectivity index (χ2n) is 5.63. The number of fused-ring (bicyclic) bond motifs is 3. The summed E-state index contributed by atoms with van der Waals surface area (Å²) in [6.45, 7) is 1.59. The van der Waals surface area contributed by atoms with Crippen LogP contribution >= 0.6 is 24.8 Å². The van der Waals surface area contributed by atoms with Crippen LogP contribution in [0.3, 0.4) is 0 Å². The number of rotatable bonds is 4. The standard InChI is InChI=1S/C16H22N4O.2ClH/c17-9-4-6-16(21)18-12-7-8-14-13(11-12)19-15-5-2-1-3-10-20(14)15;;/h7-8,11H,1-6,9-10,17H2,(H,18,21);2*1H. The van der Waals surface area contributed by atoms with E-state index in [1.165, 1.54) is 30.6 Å². The van der Waals surface area contributed by atoms with Gasteiger partial charge in [0.2, 0.25) is 5.91 Å². The molecule has 3 rings (SSSR count). The van der Waals surface area contributed by atoms with Crippen molar-refractivity contribution < 1.29 is 4.79 Å². The van der Waals surface area contributed by atoms with Crippen LogP contribution in [0.5, 0.6) is 0 Å². The fourth-order valence-electron chi connectivity index (χ4n) is 2.91. The normalized spacial score (nSPS) is 13.4. The quantitative estimate of drug-likeness (QED) is 0.880. The number of nitrogens with zero attached hydrogens (tertiary/aromatic N) is 2. The molecular formula is C16H24Cl2N4O. The number of anilines is 1. The summed E-state index contributed by atoms with van der Waals surface area (Å²) in [5.74, 6) is 1.19. The van der Waals surface area contributed by atoms with Crippen molar-refractivity contribution >= 4 is 47.4 Å². The average Bonchev–Trinajstić information content (AvgIpc) is 2.66. The molecule has 0 aliphatic carbocycles. The molecule has 2 heterocycles. The number of amides is 1. The van der Waals surface area contributed by atoms with Crippen molar-refractivity contribution in [1.82, 2.24) is 9.55 Å². The number of aryl methyl sites for hydroxylation is 2. The molecule has 0 radical (unpaired) electrons. The zero-order valence-corrected chi connectivity index (χ0v) is 14.7. The minimum atomic E-state index is 0. The Labute approximate surface area is 148 Å². The number of halogens is 2. The lowest BCUT2D eigenvalue weighted by Crippen LogP contribution is -2.13. The molecule has 0 saturated carbocycles. The summed E-state index contributed by atoms with van der Waals surface area (Å²) in [5, 5.41) is 2.92. The van der Waals surface area contributed by atoms with E-state index in [-0.39, 0.29) is 30.7 Å². The summed E-state index contributed by atoms with van der Waals surface area (Å²) in [6.07, 6.45) is 5.94. The summed E-state index contributed by atoms with van der Waals surface area (Å²) in [7, 11) is 0. The molecule has 0 atom stereocenters. The molecule has 5 nitrogen and oxygen atoms in total. The number of imidazole rings is 1. The van der Waals surface area contributed by atoms with Gasteiger partial charge in [-0.1, -0.05) is 6.42 Å². The summed E-state index contributed by atoms with van der Waals surface area (Å²) >= 11 is 0. The predicted octanol–water partition coefficient (Wildman–Crippen LogP) is 3.28. The number of nitrogens with two attached hydrogens (primary N) is 1. The van der Waals surface area contributed by atoms with E-state index >= 15 is 0 Å². The molecule has 0 bridgehead atoms. The third-order valence-corrected chi connectivity index (χ3v) is 4.00. The van der Waals surface area contributed by atoms with Gasteiger partial charge < -0.3 is 15.6 Å². The van der Waals surface area contributed by atoms with E-state index < -0.39 is 0 Å². The molecule has 1 aromatic carbocycles. The number of nitrogens with one attached hydrogen (secondary N) is 1. The van der Waals surface area contributed by atoms with Gasteiger partial charge in [-0.3, -0.25) is 4.79 Å². The van der Waals surface area contributed by atoms with Crippen molar-refractivity contribution in [2.75, 3.05) is 11.9 Å². The smallest absolute Gasteiger partial charge is 0.224 e. The fourth-order valence-corrected chi connectivity index (χ4v) is 2.91. The van der Waals surface area contributed by atoms with Crippen LogP contribution in [0.1, 0.15) is 37.9 Å². The van der Waals surface area contributed by atoms with Crippen molar-refractivity contribution in [2.45, 2.75) is 45.1 Å². The topological polar surface area (TPSA) is 72.9 Å². The van der Waals surface area contributed by atoms with Crippen LogP contribution in [0, 0.1) is 0 Å². The molecule has 0 saturated heterocycles. The van der Waals surface area contributed by atoms with E-state index in [2.05, 4.69) is 16.0 Å². The molecule has 1 aliphatic rings. The Bertz CT molecular complexity index is 657. The van der Waals surface area contributed by atoms with Crippen LogP contribution in [0.2, 0.25) is 0 Å². The van der Waals surface area contributed by atoms with Crippen LogP contribution < -0.4 is 11.1 Å². The predicted molar refractivity (Wildman–Crippen MR) is 98.7 cm³/mol. The molecule has 3 N–H and O–H groups in total. The molecule has 0 fully saturated rings. The van der Waals surface area contributed by atoms with Gasteiger partial charge in [-0.15, -0.1) is 24.8 Å². The zero-order chi connectivity index (χ0) is 14.7. The molecule has 0 unspecified atom stereocenters. The Morgan fingerprint density at radius 3 is 2.87 bits per heavy atom. The van der Waals surface area contributed by atoms with Crippen molar-refractivity contribution in [3.8, 4) is 0 Å². The lowest BCUT2D eigenvalue weighted by atomic mass is 10.2. The monoisotopic (exact) mass is 358 g/mol. The molecule has 128 valence electrons. The molecule has 0 spiro atoms. The SMILES string of the molecule is Cl.Cl.NCCCC(=O)Nc1ccc2c(c1)nc1n2CCCCC1. The first-order chi connectivity index (χ1) is 10.3. The fraction of sp³-hybridized carbons (Fsp3) is 0.500. The molecular weight excluding hydrogens is 335 g/mol. The van der Waals surface area contributed by atoms with Crippen LogP contribution in [0.4, 0.5) is 5.69 Å². The first-order valence-electron chi connectivity index (χ1n) is 7.77.